The summed E-state index contributed by atoms with van der Waals surface area (Å²) >= 11 is 0. The van der Waals surface area contributed by atoms with Gasteiger partial charge in [-0.25, -0.2) is 0 Å². The maximum Gasteiger partial charge on any atom is 0.248 e. The monoisotopic (exact) mass is 336 g/mol. The number of hydrogen-bond acceptors (Lipinski definition) is 5. The molecule has 0 atom stereocenters. The first-order valence-corrected chi connectivity index (χ1v) is 8.68. The summed E-state index contributed by atoms with van der Waals surface area (Å²) in [6.07, 6.45) is 0. The lowest BCUT2D eigenvalue weighted by molar-refractivity contribution is 0.514. The van der Waals surface area contributed by atoms with Crippen molar-refractivity contribution < 1.29 is 4.42 Å². The van der Waals surface area contributed by atoms with E-state index < -0.39 is 0 Å². The smallest absolute Gasteiger partial charge is 0.248 e. The average Bonchev–Trinajstić information content (AvgIpc) is 3.11. The van der Waals surface area contributed by atoms with Crippen LogP contribution < -0.4 is 10.2 Å². The van der Waals surface area contributed by atoms with E-state index in [9.17, 15) is 0 Å². The van der Waals surface area contributed by atoms with E-state index >= 15 is 0 Å². The number of hydrogen-bond donors (Lipinski definition) is 1. The highest BCUT2D eigenvalue weighted by Gasteiger charge is 2.10. The summed E-state index contributed by atoms with van der Waals surface area (Å²) in [4.78, 5) is 2.32. The molecule has 1 aromatic heterocycles. The van der Waals surface area contributed by atoms with Gasteiger partial charge in [0.15, 0.2) is 0 Å². The molecule has 2 aromatic carbocycles. The van der Waals surface area contributed by atoms with E-state index in [1.807, 2.05) is 31.2 Å². The summed E-state index contributed by atoms with van der Waals surface area (Å²) in [5.41, 5.74) is 4.37. The normalized spacial score (nSPS) is 10.7. The molecule has 0 aliphatic rings. The van der Waals surface area contributed by atoms with Crippen LogP contribution in [0.2, 0.25) is 0 Å². The quantitative estimate of drug-likeness (QED) is 0.688. The van der Waals surface area contributed by atoms with Crippen LogP contribution in [0.25, 0.3) is 11.5 Å². The molecule has 25 heavy (non-hydrogen) atoms. The van der Waals surface area contributed by atoms with E-state index in [0.717, 1.165) is 29.9 Å². The minimum absolute atomic E-state index is 0.503. The molecule has 3 rings (SSSR count). The molecular weight excluding hydrogens is 312 g/mol. The zero-order valence-corrected chi connectivity index (χ0v) is 15.0. The first-order chi connectivity index (χ1) is 12.2. The Morgan fingerprint density at radius 1 is 0.960 bits per heavy atom. The molecule has 0 fully saturated rings. The third-order valence-corrected chi connectivity index (χ3v) is 4.28. The number of nitrogens with one attached hydrogen (secondary N) is 1. The second-order valence-electron chi connectivity index (χ2n) is 5.89. The predicted molar refractivity (Wildman–Crippen MR) is 102 cm³/mol. The van der Waals surface area contributed by atoms with E-state index in [4.69, 9.17) is 4.42 Å². The highest BCUT2D eigenvalue weighted by Crippen LogP contribution is 2.22. The second kappa shape index (κ2) is 7.83. The fraction of sp³-hybridized carbons (Fsp3) is 0.300. The summed E-state index contributed by atoms with van der Waals surface area (Å²) < 4.78 is 5.78. The van der Waals surface area contributed by atoms with Crippen molar-refractivity contribution in [2.75, 3.05) is 23.3 Å². The van der Waals surface area contributed by atoms with Crippen molar-refractivity contribution in [2.24, 2.45) is 0 Å². The summed E-state index contributed by atoms with van der Waals surface area (Å²) in [7, 11) is 0. The molecule has 0 amide bonds. The standard InChI is InChI=1S/C20H24N4O/c1-4-24(5-2)17-12-10-16(11-13-17)21-14-19-22-23-20(25-19)18-9-7-6-8-15(18)3/h6-13,21H,4-5,14H2,1-3H3. The molecule has 0 saturated heterocycles. The molecule has 5 nitrogen and oxygen atoms in total. The summed E-state index contributed by atoms with van der Waals surface area (Å²) in [5, 5.41) is 11.6. The lowest BCUT2D eigenvalue weighted by Crippen LogP contribution is -2.21. The Labute approximate surface area is 148 Å². The van der Waals surface area contributed by atoms with Crippen LogP contribution in [0.5, 0.6) is 0 Å². The van der Waals surface area contributed by atoms with Gasteiger partial charge in [-0.15, -0.1) is 10.2 Å². The first kappa shape index (κ1) is 17.0. The van der Waals surface area contributed by atoms with Gasteiger partial charge >= 0.3 is 0 Å². The van der Waals surface area contributed by atoms with Gasteiger partial charge in [0.25, 0.3) is 0 Å². The van der Waals surface area contributed by atoms with Crippen LogP contribution in [0.1, 0.15) is 25.3 Å². The minimum atomic E-state index is 0.503. The Hall–Kier alpha value is -2.82. The number of rotatable bonds is 7. The van der Waals surface area contributed by atoms with E-state index in [0.29, 0.717) is 18.3 Å². The Balaban J connectivity index is 1.64. The lowest BCUT2D eigenvalue weighted by Gasteiger charge is -2.21. The number of anilines is 2. The summed E-state index contributed by atoms with van der Waals surface area (Å²) in [6.45, 7) is 8.88. The van der Waals surface area contributed by atoms with E-state index in [2.05, 4.69) is 58.5 Å². The Morgan fingerprint density at radius 3 is 2.36 bits per heavy atom. The van der Waals surface area contributed by atoms with Crippen molar-refractivity contribution in [1.82, 2.24) is 10.2 Å². The maximum absolute atomic E-state index is 5.78. The van der Waals surface area contributed by atoms with Gasteiger partial charge in [-0.3, -0.25) is 0 Å². The Bertz CT molecular complexity index is 807. The minimum Gasteiger partial charge on any atom is -0.419 e. The van der Waals surface area contributed by atoms with Crippen molar-refractivity contribution in [3.05, 3.63) is 60.0 Å². The summed E-state index contributed by atoms with van der Waals surface area (Å²) in [5.74, 6) is 1.14. The number of benzene rings is 2. The average molecular weight is 336 g/mol. The maximum atomic E-state index is 5.78. The van der Waals surface area contributed by atoms with Gasteiger partial charge in [-0.05, 0) is 56.7 Å². The van der Waals surface area contributed by atoms with E-state index in [1.165, 1.54) is 5.69 Å². The molecule has 1 N–H and O–H groups in total. The Kier molecular flexibility index (Phi) is 5.33. The first-order valence-electron chi connectivity index (χ1n) is 8.68. The molecule has 0 aliphatic carbocycles. The van der Waals surface area contributed by atoms with Crippen LogP contribution in [0.15, 0.2) is 52.9 Å². The third-order valence-electron chi connectivity index (χ3n) is 4.28. The topological polar surface area (TPSA) is 54.2 Å². The van der Waals surface area contributed by atoms with E-state index in [1.54, 1.807) is 0 Å². The van der Waals surface area contributed by atoms with Gasteiger partial charge in [0, 0.05) is 30.0 Å². The zero-order valence-electron chi connectivity index (χ0n) is 15.0. The van der Waals surface area contributed by atoms with Gasteiger partial charge in [-0.2, -0.15) is 0 Å². The van der Waals surface area contributed by atoms with Gasteiger partial charge in [-0.1, -0.05) is 18.2 Å². The van der Waals surface area contributed by atoms with Crippen molar-refractivity contribution in [1.29, 1.82) is 0 Å². The molecule has 130 valence electrons. The molecule has 0 unspecified atom stereocenters. The van der Waals surface area contributed by atoms with Crippen molar-refractivity contribution in [2.45, 2.75) is 27.3 Å². The molecule has 0 saturated carbocycles. The van der Waals surface area contributed by atoms with Crippen molar-refractivity contribution >= 4 is 11.4 Å². The number of aromatic nitrogens is 2. The number of aryl methyl sites for hydroxylation is 1. The van der Waals surface area contributed by atoms with Crippen molar-refractivity contribution in [3.63, 3.8) is 0 Å². The van der Waals surface area contributed by atoms with Gasteiger partial charge in [0.2, 0.25) is 11.8 Å². The summed E-state index contributed by atoms with van der Waals surface area (Å²) in [6, 6.07) is 16.4. The van der Waals surface area contributed by atoms with Gasteiger partial charge < -0.3 is 14.6 Å². The molecule has 0 spiro atoms. The zero-order chi connectivity index (χ0) is 17.6. The molecule has 3 aromatic rings. The van der Waals surface area contributed by atoms with Crippen LogP contribution >= 0.6 is 0 Å². The van der Waals surface area contributed by atoms with Crippen LogP contribution in [0.3, 0.4) is 0 Å². The van der Waals surface area contributed by atoms with Gasteiger partial charge in [0.1, 0.15) is 0 Å². The Morgan fingerprint density at radius 2 is 1.68 bits per heavy atom. The molecule has 0 aliphatic heterocycles. The second-order valence-corrected chi connectivity index (χ2v) is 5.89. The lowest BCUT2D eigenvalue weighted by atomic mass is 10.1. The van der Waals surface area contributed by atoms with Crippen molar-refractivity contribution in [3.8, 4) is 11.5 Å². The molecule has 0 bridgehead atoms. The van der Waals surface area contributed by atoms with Crippen LogP contribution in [-0.4, -0.2) is 23.3 Å². The molecule has 0 radical (unpaired) electrons. The fourth-order valence-electron chi connectivity index (χ4n) is 2.80. The number of nitrogens with zero attached hydrogens (tertiary/aromatic N) is 3. The van der Waals surface area contributed by atoms with Gasteiger partial charge in [0.05, 0.1) is 6.54 Å². The molecule has 1 heterocycles. The predicted octanol–water partition coefficient (Wildman–Crippen LogP) is 4.50. The third kappa shape index (κ3) is 3.99. The molecule has 5 heteroatoms. The van der Waals surface area contributed by atoms with Crippen LogP contribution in [-0.2, 0) is 6.54 Å². The SMILES string of the molecule is CCN(CC)c1ccc(NCc2nnc(-c3ccccc3C)o2)cc1. The molecular formula is C20H24N4O. The van der Waals surface area contributed by atoms with Crippen LogP contribution in [0.4, 0.5) is 11.4 Å². The highest BCUT2D eigenvalue weighted by molar-refractivity contribution is 5.58. The highest BCUT2D eigenvalue weighted by atomic mass is 16.4. The van der Waals surface area contributed by atoms with E-state index in [-0.39, 0.29) is 0 Å². The largest absolute Gasteiger partial charge is 0.419 e. The fourth-order valence-corrected chi connectivity index (χ4v) is 2.80. The van der Waals surface area contributed by atoms with Crippen LogP contribution in [0, 0.1) is 6.92 Å².